The van der Waals surface area contributed by atoms with E-state index in [1.54, 1.807) is 30.1 Å². The van der Waals surface area contributed by atoms with Gasteiger partial charge in [0.05, 0.1) is 13.2 Å². The number of benzene rings is 1. The highest BCUT2D eigenvalue weighted by atomic mass is 32.2. The summed E-state index contributed by atoms with van der Waals surface area (Å²) in [6, 6.07) is 5.88. The van der Waals surface area contributed by atoms with Crippen LogP contribution in [0.15, 0.2) is 41.6 Å². The van der Waals surface area contributed by atoms with Crippen LogP contribution in [0, 0.1) is 6.92 Å². The van der Waals surface area contributed by atoms with Crippen LogP contribution in [0.3, 0.4) is 0 Å². The first-order valence-electron chi connectivity index (χ1n) is 5.65. The molecule has 0 fully saturated rings. The topological polar surface area (TPSA) is 81.4 Å². The number of nitrogens with zero attached hydrogens (tertiary/aromatic N) is 2. The first-order valence-corrected chi connectivity index (χ1v) is 7.06. The molecule has 1 N–H and O–H groups in total. The fourth-order valence-corrected chi connectivity index (χ4v) is 2.74. The predicted octanol–water partition coefficient (Wildman–Crippen LogP) is 1.30. The first kappa shape index (κ1) is 13.6. The van der Waals surface area contributed by atoms with Crippen LogP contribution in [-0.2, 0) is 20.8 Å². The van der Waals surface area contributed by atoms with Crippen molar-refractivity contribution in [1.29, 1.82) is 0 Å². The molecule has 2 rings (SSSR count). The number of hydrogen-bond donors (Lipinski definition) is 1. The van der Waals surface area contributed by atoms with Crippen LogP contribution >= 0.6 is 0 Å². The molecule has 0 saturated heterocycles. The van der Waals surface area contributed by atoms with Gasteiger partial charge in [0.1, 0.15) is 10.6 Å². The quantitative estimate of drug-likeness (QED) is 0.836. The van der Waals surface area contributed by atoms with E-state index in [1.807, 2.05) is 0 Å². The lowest BCUT2D eigenvalue weighted by Gasteiger charge is -2.08. The van der Waals surface area contributed by atoms with Gasteiger partial charge in [-0.1, -0.05) is 6.07 Å². The second-order valence-electron chi connectivity index (χ2n) is 4.00. The zero-order chi connectivity index (χ0) is 13.9. The minimum Gasteiger partial charge on any atom is -0.508 e. The molecule has 0 radical (unpaired) electrons. The highest BCUT2D eigenvalue weighted by molar-refractivity contribution is 7.86. The third-order valence-electron chi connectivity index (χ3n) is 2.56. The number of phenolic OH excluding ortho intramolecular Hbond substituents is 1. The monoisotopic (exact) mass is 282 g/mol. The summed E-state index contributed by atoms with van der Waals surface area (Å²) in [5.74, 6) is -0.111. The van der Waals surface area contributed by atoms with Gasteiger partial charge in [-0.15, -0.1) is 0 Å². The minimum atomic E-state index is -3.87. The summed E-state index contributed by atoms with van der Waals surface area (Å²) in [5.41, 5.74) is 0.525. The molecule has 1 heterocycles. The lowest BCUT2D eigenvalue weighted by atomic mass is 10.2. The molecule has 0 aliphatic carbocycles. The fraction of sp³-hybridized carbons (Fsp3) is 0.250. The van der Waals surface area contributed by atoms with E-state index in [2.05, 4.69) is 5.10 Å². The Balaban J connectivity index is 2.07. The number of hydrogen-bond acceptors (Lipinski definition) is 5. The standard InChI is InChI=1S/C12H14N2O4S/c1-10-3-4-11(15)9-12(10)19(16,17)18-8-7-14-6-2-5-13-14/h2-6,9,15H,7-8H2,1H3. The molecular weight excluding hydrogens is 268 g/mol. The number of aromatic nitrogens is 2. The van der Waals surface area contributed by atoms with E-state index in [9.17, 15) is 13.5 Å². The molecule has 19 heavy (non-hydrogen) atoms. The highest BCUT2D eigenvalue weighted by Gasteiger charge is 2.18. The summed E-state index contributed by atoms with van der Waals surface area (Å²) in [6.45, 7) is 1.96. The van der Waals surface area contributed by atoms with Gasteiger partial charge in [0.25, 0.3) is 10.1 Å². The van der Waals surface area contributed by atoms with Crippen molar-refractivity contribution in [3.05, 3.63) is 42.2 Å². The van der Waals surface area contributed by atoms with Gasteiger partial charge in [0, 0.05) is 18.5 Å². The SMILES string of the molecule is Cc1ccc(O)cc1S(=O)(=O)OCCn1cccn1. The average molecular weight is 282 g/mol. The van der Waals surface area contributed by atoms with Gasteiger partial charge in [-0.25, -0.2) is 0 Å². The Morgan fingerprint density at radius 3 is 2.89 bits per heavy atom. The maximum Gasteiger partial charge on any atom is 0.297 e. The molecule has 0 aliphatic heterocycles. The van der Waals surface area contributed by atoms with Gasteiger partial charge in [0.2, 0.25) is 0 Å². The molecular formula is C12H14N2O4S. The lowest BCUT2D eigenvalue weighted by Crippen LogP contribution is -2.13. The van der Waals surface area contributed by atoms with E-state index in [0.717, 1.165) is 0 Å². The summed E-state index contributed by atoms with van der Waals surface area (Å²) < 4.78 is 30.4. The molecule has 102 valence electrons. The molecule has 0 atom stereocenters. The Morgan fingerprint density at radius 1 is 1.42 bits per heavy atom. The molecule has 2 aromatic rings. The summed E-state index contributed by atoms with van der Waals surface area (Å²) in [4.78, 5) is -0.0204. The molecule has 1 aromatic carbocycles. The van der Waals surface area contributed by atoms with Crippen molar-refractivity contribution in [2.75, 3.05) is 6.61 Å². The van der Waals surface area contributed by atoms with E-state index >= 15 is 0 Å². The zero-order valence-electron chi connectivity index (χ0n) is 10.4. The predicted molar refractivity (Wildman–Crippen MR) is 68.2 cm³/mol. The summed E-state index contributed by atoms with van der Waals surface area (Å²) in [6.07, 6.45) is 3.32. The normalized spacial score (nSPS) is 11.6. The maximum atomic E-state index is 12.0. The van der Waals surface area contributed by atoms with Gasteiger partial charge in [-0.05, 0) is 24.6 Å². The number of phenols is 1. The van der Waals surface area contributed by atoms with Crippen molar-refractivity contribution in [3.8, 4) is 5.75 Å². The number of rotatable bonds is 5. The fourth-order valence-electron chi connectivity index (χ4n) is 1.59. The van der Waals surface area contributed by atoms with E-state index in [1.165, 1.54) is 18.2 Å². The van der Waals surface area contributed by atoms with Crippen molar-refractivity contribution in [2.45, 2.75) is 18.4 Å². The smallest absolute Gasteiger partial charge is 0.297 e. The van der Waals surface area contributed by atoms with Crippen molar-refractivity contribution < 1.29 is 17.7 Å². The summed E-state index contributed by atoms with van der Waals surface area (Å²) in [7, 11) is -3.87. The lowest BCUT2D eigenvalue weighted by molar-refractivity contribution is 0.294. The van der Waals surface area contributed by atoms with Crippen LogP contribution in [0.5, 0.6) is 5.75 Å². The van der Waals surface area contributed by atoms with Gasteiger partial charge in [-0.2, -0.15) is 13.5 Å². The van der Waals surface area contributed by atoms with Crippen molar-refractivity contribution in [3.63, 3.8) is 0 Å². The molecule has 0 unspecified atom stereocenters. The van der Waals surface area contributed by atoms with Crippen LogP contribution in [-0.4, -0.2) is 29.9 Å². The van der Waals surface area contributed by atoms with Gasteiger partial charge in [-0.3, -0.25) is 8.86 Å². The Kier molecular flexibility index (Phi) is 3.87. The van der Waals surface area contributed by atoms with Crippen molar-refractivity contribution in [2.24, 2.45) is 0 Å². The van der Waals surface area contributed by atoms with E-state index in [0.29, 0.717) is 12.1 Å². The molecule has 0 amide bonds. The molecule has 0 bridgehead atoms. The highest BCUT2D eigenvalue weighted by Crippen LogP contribution is 2.22. The Morgan fingerprint density at radius 2 is 2.21 bits per heavy atom. The molecule has 7 heteroatoms. The molecule has 0 aliphatic rings. The van der Waals surface area contributed by atoms with Crippen LogP contribution in [0.1, 0.15) is 5.56 Å². The molecule has 0 spiro atoms. The molecule has 1 aromatic heterocycles. The van der Waals surface area contributed by atoms with Crippen LogP contribution in [0.4, 0.5) is 0 Å². The Labute approximate surface area is 111 Å². The second-order valence-corrected chi connectivity index (χ2v) is 5.58. The number of aromatic hydroxyl groups is 1. The Hall–Kier alpha value is -1.86. The summed E-state index contributed by atoms with van der Waals surface area (Å²) >= 11 is 0. The molecule has 6 nitrogen and oxygen atoms in total. The van der Waals surface area contributed by atoms with Crippen LogP contribution < -0.4 is 0 Å². The molecule has 0 saturated carbocycles. The van der Waals surface area contributed by atoms with Gasteiger partial charge in [0.15, 0.2) is 0 Å². The van der Waals surface area contributed by atoms with Crippen LogP contribution in [0.25, 0.3) is 0 Å². The third-order valence-corrected chi connectivity index (χ3v) is 4.01. The number of aryl methyl sites for hydroxylation is 1. The average Bonchev–Trinajstić information content (AvgIpc) is 2.85. The van der Waals surface area contributed by atoms with E-state index < -0.39 is 10.1 Å². The van der Waals surface area contributed by atoms with Gasteiger partial charge < -0.3 is 5.11 Å². The van der Waals surface area contributed by atoms with E-state index in [4.69, 9.17) is 4.18 Å². The minimum absolute atomic E-state index is 0.0148. The maximum absolute atomic E-state index is 12.0. The zero-order valence-corrected chi connectivity index (χ0v) is 11.2. The Bertz CT molecular complexity index is 650. The first-order chi connectivity index (χ1) is 8.99. The van der Waals surface area contributed by atoms with Crippen molar-refractivity contribution in [1.82, 2.24) is 9.78 Å². The van der Waals surface area contributed by atoms with Crippen molar-refractivity contribution >= 4 is 10.1 Å². The van der Waals surface area contributed by atoms with E-state index in [-0.39, 0.29) is 17.3 Å². The van der Waals surface area contributed by atoms with Crippen LogP contribution in [0.2, 0.25) is 0 Å². The second kappa shape index (κ2) is 5.41. The summed E-state index contributed by atoms with van der Waals surface area (Å²) in [5, 5.41) is 13.3. The largest absolute Gasteiger partial charge is 0.508 e. The third kappa shape index (κ3) is 3.33. The van der Waals surface area contributed by atoms with Gasteiger partial charge >= 0.3 is 0 Å².